The Morgan fingerprint density at radius 3 is 2.90 bits per heavy atom. The highest BCUT2D eigenvalue weighted by molar-refractivity contribution is 9.10. The second-order valence-electron chi connectivity index (χ2n) is 4.17. The second kappa shape index (κ2) is 6.41. The highest BCUT2D eigenvalue weighted by Gasteiger charge is 2.11. The first-order valence-electron chi connectivity index (χ1n) is 6.14. The first kappa shape index (κ1) is 15.1. The molecule has 0 saturated heterocycles. The molecule has 0 spiro atoms. The highest BCUT2D eigenvalue weighted by atomic mass is 79.9. The SMILES string of the molecule is CCn1c(SCCC(N)=O)nc2ccc(Br)cc2c1=O. The van der Waals surface area contributed by atoms with E-state index in [2.05, 4.69) is 20.9 Å². The van der Waals surface area contributed by atoms with Crippen molar-refractivity contribution in [3.63, 3.8) is 0 Å². The molecule has 0 saturated carbocycles. The molecule has 1 aromatic carbocycles. The Labute approximate surface area is 128 Å². The number of primary amides is 1. The van der Waals surface area contributed by atoms with E-state index in [9.17, 15) is 9.59 Å². The molecule has 2 rings (SSSR count). The third kappa shape index (κ3) is 3.21. The van der Waals surface area contributed by atoms with Crippen LogP contribution in [0, 0.1) is 0 Å². The maximum atomic E-state index is 12.4. The molecule has 0 fully saturated rings. The predicted molar refractivity (Wildman–Crippen MR) is 83.9 cm³/mol. The van der Waals surface area contributed by atoms with Crippen molar-refractivity contribution in [3.8, 4) is 0 Å². The van der Waals surface area contributed by atoms with Crippen LogP contribution >= 0.6 is 27.7 Å². The molecular weight excluding hydrogens is 342 g/mol. The summed E-state index contributed by atoms with van der Waals surface area (Å²) >= 11 is 4.73. The van der Waals surface area contributed by atoms with E-state index in [-0.39, 0.29) is 17.9 Å². The number of hydrogen-bond donors (Lipinski definition) is 1. The van der Waals surface area contributed by atoms with Crippen molar-refractivity contribution in [1.82, 2.24) is 9.55 Å². The van der Waals surface area contributed by atoms with E-state index in [4.69, 9.17) is 5.73 Å². The smallest absolute Gasteiger partial charge is 0.262 e. The van der Waals surface area contributed by atoms with E-state index < -0.39 is 0 Å². The fourth-order valence-corrected chi connectivity index (χ4v) is 3.18. The van der Waals surface area contributed by atoms with Gasteiger partial charge in [-0.25, -0.2) is 4.98 Å². The number of benzene rings is 1. The van der Waals surface area contributed by atoms with Crippen molar-refractivity contribution < 1.29 is 4.79 Å². The van der Waals surface area contributed by atoms with Crippen molar-refractivity contribution >= 4 is 44.5 Å². The average molecular weight is 356 g/mol. The number of nitrogens with zero attached hydrogens (tertiary/aromatic N) is 2. The van der Waals surface area contributed by atoms with Gasteiger partial charge in [-0.05, 0) is 25.1 Å². The lowest BCUT2D eigenvalue weighted by atomic mass is 10.2. The molecule has 0 radical (unpaired) electrons. The number of hydrogen-bond acceptors (Lipinski definition) is 4. The van der Waals surface area contributed by atoms with Gasteiger partial charge < -0.3 is 5.73 Å². The van der Waals surface area contributed by atoms with E-state index >= 15 is 0 Å². The maximum Gasteiger partial charge on any atom is 0.262 e. The first-order chi connectivity index (χ1) is 9.52. The second-order valence-corrected chi connectivity index (χ2v) is 6.15. The van der Waals surface area contributed by atoms with Crippen LogP contribution in [0.3, 0.4) is 0 Å². The van der Waals surface area contributed by atoms with Gasteiger partial charge in [0.25, 0.3) is 5.56 Å². The van der Waals surface area contributed by atoms with Crippen LogP contribution in [0.1, 0.15) is 13.3 Å². The van der Waals surface area contributed by atoms with Gasteiger partial charge in [0.1, 0.15) is 0 Å². The van der Waals surface area contributed by atoms with Crippen LogP contribution in [0.25, 0.3) is 10.9 Å². The lowest BCUT2D eigenvalue weighted by molar-refractivity contribution is -0.117. The monoisotopic (exact) mass is 355 g/mol. The van der Waals surface area contributed by atoms with Gasteiger partial charge in [-0.2, -0.15) is 0 Å². The normalized spacial score (nSPS) is 10.9. The lowest BCUT2D eigenvalue weighted by Gasteiger charge is -2.10. The Kier molecular flexibility index (Phi) is 4.82. The lowest BCUT2D eigenvalue weighted by Crippen LogP contribution is -2.22. The zero-order valence-corrected chi connectivity index (χ0v) is 13.3. The molecule has 2 N–H and O–H groups in total. The third-order valence-electron chi connectivity index (χ3n) is 2.78. The van der Waals surface area contributed by atoms with Crippen molar-refractivity contribution in [2.24, 2.45) is 5.73 Å². The summed E-state index contributed by atoms with van der Waals surface area (Å²) in [6.07, 6.45) is 0.266. The molecule has 7 heteroatoms. The largest absolute Gasteiger partial charge is 0.370 e. The molecule has 1 amide bonds. The van der Waals surface area contributed by atoms with E-state index in [1.807, 2.05) is 13.0 Å². The molecular formula is C13H14BrN3O2S. The van der Waals surface area contributed by atoms with Crippen molar-refractivity contribution in [1.29, 1.82) is 0 Å². The number of halogens is 1. The molecule has 0 atom stereocenters. The van der Waals surface area contributed by atoms with Crippen LogP contribution in [0.4, 0.5) is 0 Å². The topological polar surface area (TPSA) is 78.0 Å². The molecule has 2 aromatic rings. The molecule has 0 aliphatic heterocycles. The minimum absolute atomic E-state index is 0.0691. The number of aromatic nitrogens is 2. The maximum absolute atomic E-state index is 12.4. The Morgan fingerprint density at radius 1 is 1.50 bits per heavy atom. The average Bonchev–Trinajstić information content (AvgIpc) is 2.40. The van der Waals surface area contributed by atoms with Gasteiger partial charge in [0.15, 0.2) is 5.16 Å². The Balaban J connectivity index is 2.46. The number of carbonyl (C=O) groups excluding carboxylic acids is 1. The molecule has 106 valence electrons. The number of carbonyl (C=O) groups is 1. The first-order valence-corrected chi connectivity index (χ1v) is 7.92. The summed E-state index contributed by atoms with van der Waals surface area (Å²) in [4.78, 5) is 27.7. The quantitative estimate of drug-likeness (QED) is 0.658. The van der Waals surface area contributed by atoms with Crippen LogP contribution in [-0.2, 0) is 11.3 Å². The summed E-state index contributed by atoms with van der Waals surface area (Å²) < 4.78 is 2.46. The summed E-state index contributed by atoms with van der Waals surface area (Å²) in [5.74, 6) is 0.164. The predicted octanol–water partition coefficient (Wildman–Crippen LogP) is 2.15. The summed E-state index contributed by atoms with van der Waals surface area (Å²) in [5, 5.41) is 1.20. The Hall–Kier alpha value is -1.34. The third-order valence-corrected chi connectivity index (χ3v) is 4.25. The van der Waals surface area contributed by atoms with Crippen LogP contribution in [0.15, 0.2) is 32.6 Å². The molecule has 1 heterocycles. The number of nitrogens with two attached hydrogens (primary N) is 1. The summed E-state index contributed by atoms with van der Waals surface area (Å²) in [6, 6.07) is 5.43. The van der Waals surface area contributed by atoms with Crippen LogP contribution in [0.2, 0.25) is 0 Å². The van der Waals surface area contributed by atoms with Crippen molar-refractivity contribution in [2.75, 3.05) is 5.75 Å². The summed E-state index contributed by atoms with van der Waals surface area (Å²) in [7, 11) is 0. The van der Waals surface area contributed by atoms with Gasteiger partial charge in [-0.1, -0.05) is 27.7 Å². The van der Waals surface area contributed by atoms with E-state index in [1.165, 1.54) is 11.8 Å². The fraction of sp³-hybridized carbons (Fsp3) is 0.308. The van der Waals surface area contributed by atoms with Crippen molar-refractivity contribution in [3.05, 3.63) is 33.0 Å². The minimum Gasteiger partial charge on any atom is -0.370 e. The van der Waals surface area contributed by atoms with E-state index in [0.717, 1.165) is 4.47 Å². The molecule has 1 aromatic heterocycles. The van der Waals surface area contributed by atoms with E-state index in [0.29, 0.717) is 28.4 Å². The molecule has 5 nitrogen and oxygen atoms in total. The molecule has 0 aliphatic rings. The fourth-order valence-electron chi connectivity index (χ4n) is 1.80. The summed E-state index contributed by atoms with van der Waals surface area (Å²) in [6.45, 7) is 2.43. The van der Waals surface area contributed by atoms with Crippen LogP contribution in [0.5, 0.6) is 0 Å². The van der Waals surface area contributed by atoms with Crippen LogP contribution in [-0.4, -0.2) is 21.2 Å². The summed E-state index contributed by atoms with van der Waals surface area (Å²) in [5.41, 5.74) is 5.71. The zero-order valence-electron chi connectivity index (χ0n) is 10.9. The van der Waals surface area contributed by atoms with Gasteiger partial charge in [-0.3, -0.25) is 14.2 Å². The van der Waals surface area contributed by atoms with Crippen LogP contribution < -0.4 is 11.3 Å². The number of fused-ring (bicyclic) bond motifs is 1. The Morgan fingerprint density at radius 2 is 2.25 bits per heavy atom. The molecule has 0 bridgehead atoms. The van der Waals surface area contributed by atoms with Crippen molar-refractivity contribution in [2.45, 2.75) is 25.0 Å². The Bertz CT molecular complexity index is 715. The van der Waals surface area contributed by atoms with E-state index in [1.54, 1.807) is 16.7 Å². The van der Waals surface area contributed by atoms with Gasteiger partial charge in [0.2, 0.25) is 5.91 Å². The molecule has 0 aliphatic carbocycles. The van der Waals surface area contributed by atoms with Gasteiger partial charge in [0, 0.05) is 23.2 Å². The molecule has 20 heavy (non-hydrogen) atoms. The zero-order chi connectivity index (χ0) is 14.7. The number of amides is 1. The standard InChI is InChI=1S/C13H14BrN3O2S/c1-2-17-12(19)9-7-8(14)3-4-10(9)16-13(17)20-6-5-11(15)18/h3-4,7H,2,5-6H2,1H3,(H2,15,18). The number of thioether (sulfide) groups is 1. The number of rotatable bonds is 5. The van der Waals surface area contributed by atoms with Gasteiger partial charge >= 0.3 is 0 Å². The van der Waals surface area contributed by atoms with Gasteiger partial charge in [0.05, 0.1) is 10.9 Å². The molecule has 0 unspecified atom stereocenters. The van der Waals surface area contributed by atoms with Gasteiger partial charge in [-0.15, -0.1) is 0 Å². The minimum atomic E-state index is -0.354. The highest BCUT2D eigenvalue weighted by Crippen LogP contribution is 2.20.